The van der Waals surface area contributed by atoms with Crippen molar-refractivity contribution in [1.29, 1.82) is 0 Å². The van der Waals surface area contributed by atoms with Gasteiger partial charge in [0, 0.05) is 31.3 Å². The predicted octanol–water partition coefficient (Wildman–Crippen LogP) is 0.940. The number of nitrogens with one attached hydrogen (secondary N) is 3. The Labute approximate surface area is 215 Å². The van der Waals surface area contributed by atoms with E-state index in [1.165, 1.54) is 17.1 Å². The van der Waals surface area contributed by atoms with Crippen LogP contribution in [0.5, 0.6) is 0 Å². The Morgan fingerprint density at radius 1 is 1.03 bits per heavy atom. The zero-order chi connectivity index (χ0) is 28.5. The van der Waals surface area contributed by atoms with Gasteiger partial charge in [0.1, 0.15) is 6.04 Å². The Bertz CT molecular complexity index is 666. The Balaban J connectivity index is -0.000000544. The molecule has 0 aromatic rings. The molecule has 2 unspecified atom stereocenters. The van der Waals surface area contributed by atoms with Gasteiger partial charge >= 0.3 is 6.03 Å². The molecule has 0 spiro atoms. The Morgan fingerprint density at radius 2 is 1.56 bits per heavy atom. The summed E-state index contributed by atoms with van der Waals surface area (Å²) in [6, 6.07) is -1.10. The second-order valence-electron chi connectivity index (χ2n) is 7.85. The molecule has 1 heterocycles. The Morgan fingerprint density at radius 3 is 1.97 bits per heavy atom. The molecular weight excluding hydrogens is 468 g/mol. The summed E-state index contributed by atoms with van der Waals surface area (Å²) >= 11 is 0. The van der Waals surface area contributed by atoms with Crippen LogP contribution in [0, 0.1) is 5.92 Å². The van der Waals surface area contributed by atoms with Crippen LogP contribution in [0.2, 0.25) is 0 Å². The highest BCUT2D eigenvalue weighted by Gasteiger charge is 2.23. The van der Waals surface area contributed by atoms with Gasteiger partial charge in [0.25, 0.3) is 11.8 Å². The van der Waals surface area contributed by atoms with Crippen molar-refractivity contribution in [3.63, 3.8) is 0 Å². The van der Waals surface area contributed by atoms with Gasteiger partial charge in [0.15, 0.2) is 0 Å². The highest BCUT2D eigenvalue weighted by atomic mass is 16.2. The number of unbranched alkanes of at least 4 members (excludes halogenated alkanes) is 2. The third-order valence-corrected chi connectivity index (χ3v) is 4.58. The van der Waals surface area contributed by atoms with Crippen molar-refractivity contribution in [2.45, 2.75) is 85.7 Å². The molecule has 208 valence electrons. The summed E-state index contributed by atoms with van der Waals surface area (Å²) in [7, 11) is 0. The molecule has 12 heteroatoms. The largest absolute Gasteiger partial charge is 0.372 e. The lowest BCUT2D eigenvalue weighted by atomic mass is 10.0. The minimum absolute atomic E-state index is 0.0222. The average molecular weight is 515 g/mol. The summed E-state index contributed by atoms with van der Waals surface area (Å²) in [6.45, 7) is 12.7. The third-order valence-electron chi connectivity index (χ3n) is 4.58. The predicted molar refractivity (Wildman–Crippen MR) is 139 cm³/mol. The van der Waals surface area contributed by atoms with Crippen LogP contribution in [0.3, 0.4) is 0 Å². The van der Waals surface area contributed by atoms with Gasteiger partial charge in [-0.25, -0.2) is 4.79 Å². The highest BCUT2D eigenvalue weighted by Crippen LogP contribution is 2.06. The third kappa shape index (κ3) is 20.0. The summed E-state index contributed by atoms with van der Waals surface area (Å²) in [5, 5.41) is 7.82. The Hall–Kier alpha value is -3.44. The number of rotatable bonds is 13. The number of nitrogens with zero attached hydrogens (tertiary/aromatic N) is 1. The number of hydrogen-bond acceptors (Lipinski definition) is 6. The van der Waals surface area contributed by atoms with Gasteiger partial charge in [-0.2, -0.15) is 0 Å². The standard InChI is InChI=1S/C12H24N4O3.C9H13NO2.C2H6.CH3NO/c1-8(2)10(15-7-17)11(18)16-9(3)5-4-6-14-12(13)19;1-2-3-4-7-10-8(11)5-6-9(10)12;1-2;2-1-3/h7-10H,4-6H2,1-3H3,(H,15,17)(H,16,18)(H3,13,14,19);5-6H,2-4,7H2,1H3;1-2H3;1H,(H2,2,3). The molecule has 0 saturated heterocycles. The molecule has 0 aliphatic carbocycles. The second-order valence-corrected chi connectivity index (χ2v) is 7.85. The topological polar surface area (TPSA) is 194 Å². The number of primary amides is 2. The maximum atomic E-state index is 11.9. The van der Waals surface area contributed by atoms with Crippen LogP contribution >= 0.6 is 0 Å². The number of carbonyl (C=O) groups excluding carboxylic acids is 6. The van der Waals surface area contributed by atoms with Crippen LogP contribution in [-0.2, 0) is 24.0 Å². The van der Waals surface area contributed by atoms with Crippen molar-refractivity contribution in [2.24, 2.45) is 17.4 Å². The van der Waals surface area contributed by atoms with Crippen molar-refractivity contribution < 1.29 is 28.8 Å². The van der Waals surface area contributed by atoms with Gasteiger partial charge in [-0.3, -0.25) is 28.9 Å². The number of nitrogens with two attached hydrogens (primary N) is 2. The summed E-state index contributed by atoms with van der Waals surface area (Å²) in [6.07, 6.45) is 7.96. The molecule has 7 amide bonds. The van der Waals surface area contributed by atoms with Crippen molar-refractivity contribution in [3.05, 3.63) is 12.2 Å². The second kappa shape index (κ2) is 24.7. The number of amides is 7. The van der Waals surface area contributed by atoms with E-state index in [-0.39, 0.29) is 36.1 Å². The molecule has 0 aromatic heterocycles. The molecule has 12 nitrogen and oxygen atoms in total. The first-order chi connectivity index (χ1) is 17.0. The van der Waals surface area contributed by atoms with Gasteiger partial charge in [0.2, 0.25) is 18.7 Å². The number of carbonyl (C=O) groups is 6. The first kappa shape index (κ1) is 37.1. The van der Waals surface area contributed by atoms with Gasteiger partial charge < -0.3 is 27.4 Å². The minimum atomic E-state index is -0.549. The first-order valence-electron chi connectivity index (χ1n) is 12.3. The van der Waals surface area contributed by atoms with E-state index in [1.807, 2.05) is 34.6 Å². The van der Waals surface area contributed by atoms with Gasteiger partial charge in [0.05, 0.1) is 0 Å². The molecular formula is C24H46N6O6. The summed E-state index contributed by atoms with van der Waals surface area (Å²) in [5.74, 6) is -0.515. The molecule has 1 aliphatic rings. The number of imide groups is 1. The molecule has 0 bridgehead atoms. The van der Waals surface area contributed by atoms with Crippen LogP contribution < -0.4 is 27.4 Å². The van der Waals surface area contributed by atoms with E-state index in [4.69, 9.17) is 10.5 Å². The van der Waals surface area contributed by atoms with E-state index < -0.39 is 12.1 Å². The highest BCUT2D eigenvalue weighted by molar-refractivity contribution is 6.12. The molecule has 1 rings (SSSR count). The van der Waals surface area contributed by atoms with E-state index in [0.29, 0.717) is 19.5 Å². The van der Waals surface area contributed by atoms with Gasteiger partial charge in [-0.15, -0.1) is 0 Å². The normalized spacial score (nSPS) is 13.0. The van der Waals surface area contributed by atoms with Crippen LogP contribution in [0.4, 0.5) is 4.79 Å². The van der Waals surface area contributed by atoms with E-state index in [1.54, 1.807) is 0 Å². The number of hydrogen-bond donors (Lipinski definition) is 5. The van der Waals surface area contributed by atoms with Crippen molar-refractivity contribution in [1.82, 2.24) is 20.9 Å². The van der Waals surface area contributed by atoms with E-state index in [9.17, 15) is 24.0 Å². The lowest BCUT2D eigenvalue weighted by Crippen LogP contribution is -2.49. The molecule has 1 aliphatic heterocycles. The minimum Gasteiger partial charge on any atom is -0.372 e. The molecule has 0 saturated carbocycles. The lowest BCUT2D eigenvalue weighted by Gasteiger charge is -2.22. The summed E-state index contributed by atoms with van der Waals surface area (Å²) in [5.41, 5.74) is 9.10. The van der Waals surface area contributed by atoms with Gasteiger partial charge in [-0.1, -0.05) is 47.5 Å². The van der Waals surface area contributed by atoms with Crippen molar-refractivity contribution >= 4 is 36.6 Å². The maximum Gasteiger partial charge on any atom is 0.312 e. The molecule has 36 heavy (non-hydrogen) atoms. The van der Waals surface area contributed by atoms with Crippen LogP contribution in [0.1, 0.15) is 73.6 Å². The SMILES string of the molecule is CC.CC(CCCNC(N)=O)NC(=O)C(NC=O)C(C)C.CCCCCN1C(=O)C=CC1=O.NC=O. The number of urea groups is 1. The fraction of sp³-hybridized carbons (Fsp3) is 0.667. The van der Waals surface area contributed by atoms with E-state index in [0.717, 1.165) is 32.1 Å². The van der Waals surface area contributed by atoms with Crippen molar-refractivity contribution in [3.8, 4) is 0 Å². The van der Waals surface area contributed by atoms with Gasteiger partial charge in [-0.05, 0) is 32.1 Å². The fourth-order valence-corrected chi connectivity index (χ4v) is 2.84. The summed E-state index contributed by atoms with van der Waals surface area (Å²) in [4.78, 5) is 64.7. The smallest absolute Gasteiger partial charge is 0.312 e. The quantitative estimate of drug-likeness (QED) is 0.138. The molecule has 0 fully saturated rings. The molecule has 7 N–H and O–H groups in total. The van der Waals surface area contributed by atoms with E-state index in [2.05, 4.69) is 28.6 Å². The fourth-order valence-electron chi connectivity index (χ4n) is 2.84. The zero-order valence-corrected chi connectivity index (χ0v) is 22.5. The lowest BCUT2D eigenvalue weighted by molar-refractivity contribution is -0.137. The maximum absolute atomic E-state index is 11.9. The first-order valence-corrected chi connectivity index (χ1v) is 12.3. The average Bonchev–Trinajstić information content (AvgIpc) is 3.14. The monoisotopic (exact) mass is 514 g/mol. The van der Waals surface area contributed by atoms with Crippen LogP contribution in [0.25, 0.3) is 0 Å². The zero-order valence-electron chi connectivity index (χ0n) is 22.5. The van der Waals surface area contributed by atoms with Crippen molar-refractivity contribution in [2.75, 3.05) is 13.1 Å². The molecule has 0 aromatic carbocycles. The van der Waals surface area contributed by atoms with Crippen LogP contribution in [-0.4, -0.2) is 66.6 Å². The van der Waals surface area contributed by atoms with Crippen LogP contribution in [0.15, 0.2) is 12.2 Å². The summed E-state index contributed by atoms with van der Waals surface area (Å²) < 4.78 is 0. The Kier molecular flexibility index (Phi) is 25.4. The van der Waals surface area contributed by atoms with E-state index >= 15 is 0 Å². The molecule has 2 atom stereocenters. The molecule has 0 radical (unpaired) electrons.